The molecule has 1 aliphatic rings. The van der Waals surface area contributed by atoms with E-state index in [-0.39, 0.29) is 23.1 Å². The number of aliphatic hydroxyl groups excluding tert-OH is 1. The molecule has 9 nitrogen and oxygen atoms in total. The Bertz CT molecular complexity index is 1480. The third-order valence-electron chi connectivity index (χ3n) is 6.13. The van der Waals surface area contributed by atoms with Crippen LogP contribution < -0.4 is 21.1 Å². The number of fused-ring (bicyclic) bond motifs is 1. The summed E-state index contributed by atoms with van der Waals surface area (Å²) in [6, 6.07) is 11.2. The maximum absolute atomic E-state index is 14.8. The van der Waals surface area contributed by atoms with Crippen LogP contribution in [0.2, 0.25) is 0 Å². The van der Waals surface area contributed by atoms with Gasteiger partial charge < -0.3 is 25.6 Å². The molecular weight excluding hydrogens is 463 g/mol. The maximum atomic E-state index is 14.8. The average Bonchev–Trinajstić information content (AvgIpc) is 2.86. The molecule has 0 bridgehead atoms. The zero-order valence-corrected chi connectivity index (χ0v) is 19.6. The van der Waals surface area contributed by atoms with Crippen molar-refractivity contribution >= 4 is 39.7 Å². The molecule has 0 spiro atoms. The van der Waals surface area contributed by atoms with Crippen molar-refractivity contribution in [1.82, 2.24) is 15.0 Å². The second kappa shape index (κ2) is 9.74. The highest BCUT2D eigenvalue weighted by Gasteiger charge is 2.18. The third-order valence-corrected chi connectivity index (χ3v) is 6.13. The highest BCUT2D eigenvalue weighted by Crippen LogP contribution is 2.31. The molecule has 1 saturated heterocycles. The van der Waals surface area contributed by atoms with E-state index >= 15 is 0 Å². The van der Waals surface area contributed by atoms with Crippen molar-refractivity contribution in [3.05, 3.63) is 71.0 Å². The molecule has 0 unspecified atom stereocenters. The summed E-state index contributed by atoms with van der Waals surface area (Å²) in [6.45, 7) is 2.89. The molecule has 0 atom stereocenters. The number of rotatable bonds is 5. The summed E-state index contributed by atoms with van der Waals surface area (Å²) < 4.78 is 14.8. The standard InChI is InChI=1S/C26H25FN6O3/c1-15(34)30-16-2-4-20(27)19(12-16)22-13-23(25-21(31-22)6-9-28-26(25)36)32-24-5-3-17(14-29-24)33-10-7-18(35)8-11-33/h2-6,9,12-14,18,35H,7-8,10-11H2,1H3,(H,28,36)(H,30,34)(H,29,31,32). The number of piperidine rings is 1. The predicted octanol–water partition coefficient (Wildman–Crippen LogP) is 3.79. The number of hydrogen-bond acceptors (Lipinski definition) is 7. The number of hydrogen-bond donors (Lipinski definition) is 4. The third kappa shape index (κ3) is 4.89. The summed E-state index contributed by atoms with van der Waals surface area (Å²) in [5.41, 5.74) is 2.32. The molecule has 4 heterocycles. The summed E-state index contributed by atoms with van der Waals surface area (Å²) in [5, 5.41) is 15.9. The summed E-state index contributed by atoms with van der Waals surface area (Å²) in [7, 11) is 0. The van der Waals surface area contributed by atoms with Gasteiger partial charge in [0.15, 0.2) is 0 Å². The lowest BCUT2D eigenvalue weighted by Crippen LogP contribution is -2.35. The van der Waals surface area contributed by atoms with Gasteiger partial charge in [-0.2, -0.15) is 0 Å². The van der Waals surface area contributed by atoms with Crippen LogP contribution in [-0.4, -0.2) is 45.2 Å². The molecule has 1 amide bonds. The first-order valence-electron chi connectivity index (χ1n) is 11.6. The minimum Gasteiger partial charge on any atom is -0.393 e. The Labute approximate surface area is 206 Å². The molecule has 1 aromatic carbocycles. The van der Waals surface area contributed by atoms with Crippen molar-refractivity contribution in [3.8, 4) is 11.3 Å². The molecule has 4 N–H and O–H groups in total. The molecule has 4 aromatic rings. The van der Waals surface area contributed by atoms with E-state index in [1.807, 2.05) is 6.07 Å². The molecular formula is C26H25FN6O3. The largest absolute Gasteiger partial charge is 0.393 e. The van der Waals surface area contributed by atoms with Crippen LogP contribution in [0.3, 0.4) is 0 Å². The van der Waals surface area contributed by atoms with E-state index in [2.05, 4.69) is 30.5 Å². The SMILES string of the molecule is CC(=O)Nc1ccc(F)c(-c2cc(Nc3ccc(N4CCC(O)CC4)cn3)c3c(=O)[nH]ccc3n2)c1. The van der Waals surface area contributed by atoms with E-state index in [4.69, 9.17) is 0 Å². The molecule has 1 fully saturated rings. The van der Waals surface area contributed by atoms with Crippen molar-refractivity contribution in [3.63, 3.8) is 0 Å². The van der Waals surface area contributed by atoms with Gasteiger partial charge in [-0.3, -0.25) is 9.59 Å². The zero-order chi connectivity index (χ0) is 25.2. The van der Waals surface area contributed by atoms with E-state index in [0.29, 0.717) is 46.6 Å². The van der Waals surface area contributed by atoms with Crippen molar-refractivity contribution in [2.75, 3.05) is 28.6 Å². The lowest BCUT2D eigenvalue weighted by Gasteiger charge is -2.31. The molecule has 3 aromatic heterocycles. The molecule has 184 valence electrons. The number of carbonyl (C=O) groups excluding carboxylic acids is 1. The van der Waals surface area contributed by atoms with Crippen LogP contribution in [0, 0.1) is 5.82 Å². The average molecular weight is 489 g/mol. The number of aromatic nitrogens is 3. The van der Waals surface area contributed by atoms with E-state index in [1.165, 1.54) is 31.3 Å². The number of benzene rings is 1. The summed E-state index contributed by atoms with van der Waals surface area (Å²) >= 11 is 0. The number of aliphatic hydroxyl groups is 1. The van der Waals surface area contributed by atoms with Crippen LogP contribution in [0.15, 0.2) is 59.7 Å². The Morgan fingerprint density at radius 2 is 1.97 bits per heavy atom. The van der Waals surface area contributed by atoms with Crippen LogP contribution in [0.4, 0.5) is 27.3 Å². The molecule has 0 radical (unpaired) electrons. The number of nitrogens with one attached hydrogen (secondary N) is 3. The highest BCUT2D eigenvalue weighted by atomic mass is 19.1. The smallest absolute Gasteiger partial charge is 0.259 e. The number of aromatic amines is 1. The minimum atomic E-state index is -0.513. The Hall–Kier alpha value is -4.31. The quantitative estimate of drug-likeness (QED) is 0.337. The van der Waals surface area contributed by atoms with Crippen molar-refractivity contribution in [1.29, 1.82) is 0 Å². The molecule has 10 heteroatoms. The van der Waals surface area contributed by atoms with Gasteiger partial charge in [0.2, 0.25) is 5.91 Å². The molecule has 0 saturated carbocycles. The zero-order valence-electron chi connectivity index (χ0n) is 19.6. The lowest BCUT2D eigenvalue weighted by molar-refractivity contribution is -0.114. The van der Waals surface area contributed by atoms with Gasteiger partial charge in [0.1, 0.15) is 11.6 Å². The van der Waals surface area contributed by atoms with E-state index in [9.17, 15) is 19.1 Å². The number of amides is 1. The van der Waals surface area contributed by atoms with Gasteiger partial charge in [-0.15, -0.1) is 0 Å². The topological polar surface area (TPSA) is 123 Å². The van der Waals surface area contributed by atoms with Gasteiger partial charge in [-0.05, 0) is 55.3 Å². The van der Waals surface area contributed by atoms with Crippen LogP contribution in [0.1, 0.15) is 19.8 Å². The first-order valence-corrected chi connectivity index (χ1v) is 11.6. The van der Waals surface area contributed by atoms with Gasteiger partial charge in [0.25, 0.3) is 5.56 Å². The Morgan fingerprint density at radius 3 is 2.69 bits per heavy atom. The molecule has 0 aliphatic carbocycles. The van der Waals surface area contributed by atoms with Gasteiger partial charge in [-0.25, -0.2) is 14.4 Å². The number of H-pyrrole nitrogens is 1. The summed E-state index contributed by atoms with van der Waals surface area (Å²) in [6.07, 6.45) is 4.40. The van der Waals surface area contributed by atoms with Crippen molar-refractivity contribution in [2.45, 2.75) is 25.9 Å². The van der Waals surface area contributed by atoms with Crippen LogP contribution in [0.5, 0.6) is 0 Å². The second-order valence-electron chi connectivity index (χ2n) is 8.74. The second-order valence-corrected chi connectivity index (χ2v) is 8.74. The van der Waals surface area contributed by atoms with Gasteiger partial charge >= 0.3 is 0 Å². The first-order chi connectivity index (χ1) is 17.4. The van der Waals surface area contributed by atoms with Crippen LogP contribution >= 0.6 is 0 Å². The fraction of sp³-hybridized carbons (Fsp3) is 0.231. The number of anilines is 4. The lowest BCUT2D eigenvalue weighted by atomic mass is 10.1. The van der Waals surface area contributed by atoms with E-state index < -0.39 is 5.82 Å². The molecule has 5 rings (SSSR count). The minimum absolute atomic E-state index is 0.182. The maximum Gasteiger partial charge on any atom is 0.259 e. The number of nitrogens with zero attached hydrogens (tertiary/aromatic N) is 3. The van der Waals surface area contributed by atoms with Crippen molar-refractivity contribution < 1.29 is 14.3 Å². The molecule has 1 aliphatic heterocycles. The Kier molecular flexibility index (Phi) is 6.34. The molecule has 36 heavy (non-hydrogen) atoms. The van der Waals surface area contributed by atoms with Gasteiger partial charge in [-0.1, -0.05) is 0 Å². The van der Waals surface area contributed by atoms with Crippen molar-refractivity contribution in [2.24, 2.45) is 0 Å². The fourth-order valence-electron chi connectivity index (χ4n) is 4.34. The summed E-state index contributed by atoms with van der Waals surface area (Å²) in [5.74, 6) is -0.283. The number of carbonyl (C=O) groups is 1. The Morgan fingerprint density at radius 1 is 1.17 bits per heavy atom. The first kappa shape index (κ1) is 23.4. The normalized spacial score (nSPS) is 14.1. The number of pyridine rings is 3. The van der Waals surface area contributed by atoms with E-state index in [0.717, 1.165) is 18.8 Å². The number of halogens is 1. The highest BCUT2D eigenvalue weighted by molar-refractivity contribution is 5.95. The predicted molar refractivity (Wildman–Crippen MR) is 137 cm³/mol. The summed E-state index contributed by atoms with van der Waals surface area (Å²) in [4.78, 5) is 38.0. The van der Waals surface area contributed by atoms with Gasteiger partial charge in [0, 0.05) is 37.5 Å². The van der Waals surface area contributed by atoms with E-state index in [1.54, 1.807) is 24.4 Å². The monoisotopic (exact) mass is 488 g/mol. The fourth-order valence-corrected chi connectivity index (χ4v) is 4.34. The van der Waals surface area contributed by atoms with Gasteiger partial charge in [0.05, 0.1) is 40.3 Å². The van der Waals surface area contributed by atoms with Crippen LogP contribution in [-0.2, 0) is 4.79 Å². The van der Waals surface area contributed by atoms with Crippen LogP contribution in [0.25, 0.3) is 22.2 Å². The Balaban J connectivity index is 1.52.